The number of nitrogens with two attached hydrogens (primary N) is 1. The highest BCUT2D eigenvalue weighted by molar-refractivity contribution is 7.80. The fourth-order valence-electron chi connectivity index (χ4n) is 3.01. The number of hydrogen-bond acceptors (Lipinski definition) is 7. The Hall–Kier alpha value is -3.58. The van der Waals surface area contributed by atoms with E-state index in [1.165, 1.54) is 0 Å². The Morgan fingerprint density at radius 1 is 1.03 bits per heavy atom. The molecule has 13 heteroatoms. The number of hydrogen-bond donors (Lipinski definition) is 8. The van der Waals surface area contributed by atoms with Crippen molar-refractivity contribution >= 4 is 53.2 Å². The number of carboxylic acids is 2. The van der Waals surface area contributed by atoms with E-state index in [-0.39, 0.29) is 12.2 Å². The number of aromatic amines is 1. The lowest BCUT2D eigenvalue weighted by Gasteiger charge is -2.19. The number of fused-ring (bicyclic) bond motifs is 1. The molecule has 1 heterocycles. The van der Waals surface area contributed by atoms with E-state index in [0.29, 0.717) is 0 Å². The minimum atomic E-state index is -1.64. The van der Waals surface area contributed by atoms with Crippen molar-refractivity contribution in [3.8, 4) is 0 Å². The van der Waals surface area contributed by atoms with Crippen molar-refractivity contribution in [2.75, 3.05) is 12.3 Å². The first-order chi connectivity index (χ1) is 15.6. The fourth-order valence-corrected chi connectivity index (χ4v) is 3.27. The summed E-state index contributed by atoms with van der Waals surface area (Å²) in [6.07, 6.45) is 1.16. The van der Waals surface area contributed by atoms with Crippen molar-refractivity contribution in [2.45, 2.75) is 31.0 Å². The molecular formula is C20H25N5O7S. The van der Waals surface area contributed by atoms with Crippen LogP contribution in [0.4, 0.5) is 0 Å². The molecule has 12 nitrogen and oxygen atoms in total. The SMILES string of the molecule is NC(Cc1c[nH]c2ccccc12)C(=O)NC(CS)C(=O)NCC(=O)NC(CC(=O)O)C(=O)O. The third-order valence-corrected chi connectivity index (χ3v) is 5.07. The molecule has 1 aromatic heterocycles. The number of thiol groups is 1. The van der Waals surface area contributed by atoms with E-state index in [9.17, 15) is 24.0 Å². The van der Waals surface area contributed by atoms with Crippen LogP contribution in [0.25, 0.3) is 10.9 Å². The summed E-state index contributed by atoms with van der Waals surface area (Å²) in [6.45, 7) is -0.621. The minimum absolute atomic E-state index is 0.0875. The number of carbonyl (C=O) groups excluding carboxylic acids is 3. The summed E-state index contributed by atoms with van der Waals surface area (Å²) < 4.78 is 0. The highest BCUT2D eigenvalue weighted by atomic mass is 32.1. The maximum absolute atomic E-state index is 12.5. The second-order valence-corrected chi connectivity index (χ2v) is 7.55. The molecule has 8 N–H and O–H groups in total. The number of nitrogens with one attached hydrogen (secondary N) is 4. The van der Waals surface area contributed by atoms with Gasteiger partial charge in [0, 0.05) is 22.9 Å². The summed E-state index contributed by atoms with van der Waals surface area (Å²) in [5.74, 6) is -5.26. The van der Waals surface area contributed by atoms with Gasteiger partial charge in [-0.3, -0.25) is 19.2 Å². The fraction of sp³-hybridized carbons (Fsp3) is 0.350. The molecule has 2 aromatic rings. The Morgan fingerprint density at radius 3 is 2.36 bits per heavy atom. The van der Waals surface area contributed by atoms with Crippen LogP contribution in [0.5, 0.6) is 0 Å². The minimum Gasteiger partial charge on any atom is -0.481 e. The molecule has 0 aliphatic heterocycles. The van der Waals surface area contributed by atoms with E-state index in [1.54, 1.807) is 6.20 Å². The lowest BCUT2D eigenvalue weighted by atomic mass is 10.0. The smallest absolute Gasteiger partial charge is 0.326 e. The number of para-hydroxylation sites is 1. The highest BCUT2D eigenvalue weighted by Crippen LogP contribution is 2.18. The zero-order valence-corrected chi connectivity index (χ0v) is 18.3. The van der Waals surface area contributed by atoms with Crippen molar-refractivity contribution < 1.29 is 34.2 Å². The topological polar surface area (TPSA) is 204 Å². The molecule has 0 saturated carbocycles. The molecule has 3 amide bonds. The van der Waals surface area contributed by atoms with Gasteiger partial charge in [0.15, 0.2) is 0 Å². The molecule has 0 spiro atoms. The van der Waals surface area contributed by atoms with Gasteiger partial charge in [-0.05, 0) is 18.1 Å². The van der Waals surface area contributed by atoms with Gasteiger partial charge in [-0.1, -0.05) is 18.2 Å². The predicted molar refractivity (Wildman–Crippen MR) is 121 cm³/mol. The highest BCUT2D eigenvalue weighted by Gasteiger charge is 2.26. The zero-order chi connectivity index (χ0) is 24.5. The number of aromatic nitrogens is 1. The van der Waals surface area contributed by atoms with Crippen LogP contribution in [0, 0.1) is 0 Å². The molecule has 0 saturated heterocycles. The summed E-state index contributed by atoms with van der Waals surface area (Å²) in [4.78, 5) is 61.4. The second kappa shape index (κ2) is 11.9. The van der Waals surface area contributed by atoms with Gasteiger partial charge in [0.05, 0.1) is 19.0 Å². The summed E-state index contributed by atoms with van der Waals surface area (Å²) >= 11 is 4.04. The molecule has 1 aromatic carbocycles. The van der Waals surface area contributed by atoms with E-state index in [1.807, 2.05) is 29.6 Å². The van der Waals surface area contributed by atoms with Crippen LogP contribution in [-0.4, -0.2) is 75.3 Å². The van der Waals surface area contributed by atoms with Crippen LogP contribution in [0.2, 0.25) is 0 Å². The van der Waals surface area contributed by atoms with Crippen LogP contribution in [-0.2, 0) is 30.4 Å². The number of carbonyl (C=O) groups is 5. The zero-order valence-electron chi connectivity index (χ0n) is 17.4. The normalized spacial score (nSPS) is 13.5. The van der Waals surface area contributed by atoms with Crippen LogP contribution >= 0.6 is 12.6 Å². The van der Waals surface area contributed by atoms with Crippen LogP contribution < -0.4 is 21.7 Å². The maximum Gasteiger partial charge on any atom is 0.326 e. The molecule has 33 heavy (non-hydrogen) atoms. The number of aliphatic carboxylic acids is 2. The molecule has 0 fully saturated rings. The Labute approximate surface area is 193 Å². The third-order valence-electron chi connectivity index (χ3n) is 4.70. The van der Waals surface area contributed by atoms with Gasteiger partial charge in [-0.15, -0.1) is 0 Å². The summed E-state index contributed by atoms with van der Waals surface area (Å²) in [5, 5.41) is 25.3. The van der Waals surface area contributed by atoms with Gasteiger partial charge in [-0.2, -0.15) is 12.6 Å². The molecule has 0 aliphatic rings. The van der Waals surface area contributed by atoms with Crippen molar-refractivity contribution in [2.24, 2.45) is 5.73 Å². The number of carboxylic acid groups (broad SMARTS) is 2. The van der Waals surface area contributed by atoms with Crippen LogP contribution in [0.3, 0.4) is 0 Å². The monoisotopic (exact) mass is 479 g/mol. The largest absolute Gasteiger partial charge is 0.481 e. The lowest BCUT2D eigenvalue weighted by Crippen LogP contribution is -2.54. The third kappa shape index (κ3) is 7.50. The molecule has 0 bridgehead atoms. The molecule has 178 valence electrons. The van der Waals surface area contributed by atoms with Gasteiger partial charge in [0.1, 0.15) is 12.1 Å². The lowest BCUT2D eigenvalue weighted by molar-refractivity contribution is -0.147. The van der Waals surface area contributed by atoms with Gasteiger partial charge >= 0.3 is 11.9 Å². The molecule has 2 rings (SSSR count). The number of amides is 3. The standard InChI is InChI=1S/C20H25N5O7S/c21-12(5-10-7-22-13-4-2-1-3-11(10)13)18(29)25-15(9-33)19(30)23-8-16(26)24-14(20(31)32)6-17(27)28/h1-4,7,12,14-15,22,33H,5-6,8-9,21H2,(H,23,30)(H,24,26)(H,25,29)(H,27,28)(H,31,32). The van der Waals surface area contributed by atoms with Gasteiger partial charge in [0.25, 0.3) is 0 Å². The Kier molecular flexibility index (Phi) is 9.24. The van der Waals surface area contributed by atoms with Gasteiger partial charge in [0.2, 0.25) is 17.7 Å². The van der Waals surface area contributed by atoms with E-state index in [4.69, 9.17) is 15.9 Å². The Bertz CT molecular complexity index is 1040. The van der Waals surface area contributed by atoms with Crippen molar-refractivity contribution in [1.29, 1.82) is 0 Å². The first-order valence-electron chi connectivity index (χ1n) is 9.85. The molecular weight excluding hydrogens is 454 g/mol. The van der Waals surface area contributed by atoms with Crippen molar-refractivity contribution in [1.82, 2.24) is 20.9 Å². The van der Waals surface area contributed by atoms with E-state index in [0.717, 1.165) is 16.5 Å². The second-order valence-electron chi connectivity index (χ2n) is 7.19. The summed E-state index contributed by atoms with van der Waals surface area (Å²) in [7, 11) is 0. The predicted octanol–water partition coefficient (Wildman–Crippen LogP) is -1.39. The average Bonchev–Trinajstić information content (AvgIpc) is 3.17. The number of benzene rings is 1. The van der Waals surface area contributed by atoms with Gasteiger partial charge < -0.3 is 36.9 Å². The number of H-pyrrole nitrogens is 1. The molecule has 3 atom stereocenters. The van der Waals surface area contributed by atoms with Gasteiger partial charge in [-0.25, -0.2) is 4.79 Å². The van der Waals surface area contributed by atoms with E-state index < -0.39 is 60.8 Å². The average molecular weight is 480 g/mol. The maximum atomic E-state index is 12.5. The summed E-state index contributed by atoms with van der Waals surface area (Å²) in [6, 6.07) is 3.83. The van der Waals surface area contributed by atoms with Crippen LogP contribution in [0.1, 0.15) is 12.0 Å². The molecule has 0 aliphatic carbocycles. The first kappa shape index (κ1) is 25.7. The van der Waals surface area contributed by atoms with Crippen molar-refractivity contribution in [3.05, 3.63) is 36.0 Å². The van der Waals surface area contributed by atoms with E-state index in [2.05, 4.69) is 28.2 Å². The van der Waals surface area contributed by atoms with E-state index >= 15 is 0 Å². The quantitative estimate of drug-likeness (QED) is 0.170. The Balaban J connectivity index is 1.87. The molecule has 3 unspecified atom stereocenters. The Morgan fingerprint density at radius 2 is 1.73 bits per heavy atom. The first-order valence-corrected chi connectivity index (χ1v) is 10.5. The molecule has 0 radical (unpaired) electrons. The van der Waals surface area contributed by atoms with Crippen molar-refractivity contribution in [3.63, 3.8) is 0 Å². The van der Waals surface area contributed by atoms with Crippen LogP contribution in [0.15, 0.2) is 30.5 Å². The number of rotatable bonds is 12. The summed E-state index contributed by atoms with van der Waals surface area (Å²) in [5.41, 5.74) is 7.74.